The molecule has 1 aliphatic heterocycles. The van der Waals surface area contributed by atoms with Crippen molar-refractivity contribution in [3.8, 4) is 5.75 Å². The van der Waals surface area contributed by atoms with Gasteiger partial charge in [-0.3, -0.25) is 0 Å². The predicted octanol–water partition coefficient (Wildman–Crippen LogP) is 1.63. The van der Waals surface area contributed by atoms with Crippen LogP contribution < -0.4 is 4.74 Å². The summed E-state index contributed by atoms with van der Waals surface area (Å²) in [5.41, 5.74) is 1.17. The van der Waals surface area contributed by atoms with Crippen LogP contribution in [0.25, 0.3) is 0 Å². The topological polar surface area (TPSA) is 29.5 Å². The molecule has 64 valence electrons. The Kier molecular flexibility index (Phi) is 2.23. The molecule has 1 heterocycles. The summed E-state index contributed by atoms with van der Waals surface area (Å²) in [4.78, 5) is 0. The molecule has 1 aromatic carbocycles. The zero-order chi connectivity index (χ0) is 8.39. The predicted molar refractivity (Wildman–Crippen MR) is 49.2 cm³/mol. The summed E-state index contributed by atoms with van der Waals surface area (Å²) in [7, 11) is 0. The fourth-order valence-electron chi connectivity index (χ4n) is 1.19. The third kappa shape index (κ3) is 1.57. The van der Waals surface area contributed by atoms with Gasteiger partial charge in [-0.2, -0.15) is 11.8 Å². The van der Waals surface area contributed by atoms with Crippen molar-refractivity contribution in [2.45, 2.75) is 12.0 Å². The first-order valence-corrected chi connectivity index (χ1v) is 5.02. The van der Waals surface area contributed by atoms with Gasteiger partial charge in [0.2, 0.25) is 6.29 Å². The Bertz CT molecular complexity index is 275. The minimum Gasteiger partial charge on any atom is -0.464 e. The molecule has 0 aromatic heterocycles. The van der Waals surface area contributed by atoms with E-state index in [1.165, 1.54) is 5.56 Å². The maximum Gasteiger partial charge on any atom is 0.206 e. The van der Waals surface area contributed by atoms with Crippen molar-refractivity contribution in [1.82, 2.24) is 0 Å². The highest BCUT2D eigenvalue weighted by Gasteiger charge is 2.13. The summed E-state index contributed by atoms with van der Waals surface area (Å²) >= 11 is 1.69. The van der Waals surface area contributed by atoms with Gasteiger partial charge in [0.05, 0.1) is 5.75 Å². The molecule has 0 fully saturated rings. The van der Waals surface area contributed by atoms with Gasteiger partial charge in [-0.15, -0.1) is 0 Å². The fraction of sp³-hybridized carbons (Fsp3) is 0.333. The summed E-state index contributed by atoms with van der Waals surface area (Å²) in [6.45, 7) is 0. The van der Waals surface area contributed by atoms with Crippen molar-refractivity contribution >= 4 is 11.8 Å². The standard InChI is InChI=1S/C9H10O2S/c10-9-6-12-5-7-3-1-2-4-8(7)11-9/h1-4,9-10H,5-6H2. The van der Waals surface area contributed by atoms with Crippen LogP contribution in [-0.4, -0.2) is 17.1 Å². The van der Waals surface area contributed by atoms with E-state index >= 15 is 0 Å². The molecule has 0 bridgehead atoms. The van der Waals surface area contributed by atoms with Crippen molar-refractivity contribution < 1.29 is 9.84 Å². The normalized spacial score (nSPS) is 22.2. The molecule has 12 heavy (non-hydrogen) atoms. The van der Waals surface area contributed by atoms with E-state index in [9.17, 15) is 5.11 Å². The molecule has 2 rings (SSSR count). The largest absolute Gasteiger partial charge is 0.464 e. The minimum atomic E-state index is -0.654. The zero-order valence-electron chi connectivity index (χ0n) is 6.56. The summed E-state index contributed by atoms with van der Waals surface area (Å²) in [5, 5.41) is 9.29. The lowest BCUT2D eigenvalue weighted by Gasteiger charge is -2.09. The molecule has 0 amide bonds. The van der Waals surface area contributed by atoms with E-state index in [1.54, 1.807) is 11.8 Å². The van der Waals surface area contributed by atoms with Crippen LogP contribution in [0.1, 0.15) is 5.56 Å². The zero-order valence-corrected chi connectivity index (χ0v) is 7.38. The van der Waals surface area contributed by atoms with E-state index in [4.69, 9.17) is 4.74 Å². The number of ether oxygens (including phenoxy) is 1. The second-order valence-electron chi connectivity index (χ2n) is 2.70. The van der Waals surface area contributed by atoms with Gasteiger partial charge in [0, 0.05) is 11.3 Å². The molecule has 1 unspecified atom stereocenters. The molecule has 3 heteroatoms. The lowest BCUT2D eigenvalue weighted by molar-refractivity contribution is 0.00431. The minimum absolute atomic E-state index is 0.648. The number of rotatable bonds is 0. The van der Waals surface area contributed by atoms with Crippen molar-refractivity contribution in [2.24, 2.45) is 0 Å². The van der Waals surface area contributed by atoms with Gasteiger partial charge in [0.1, 0.15) is 5.75 Å². The van der Waals surface area contributed by atoms with Crippen LogP contribution in [0.2, 0.25) is 0 Å². The third-order valence-corrected chi connectivity index (χ3v) is 2.79. The maximum absolute atomic E-state index is 9.29. The fourth-order valence-corrected chi connectivity index (χ4v) is 2.03. The molecule has 0 aliphatic carbocycles. The SMILES string of the molecule is OC1CSCc2ccccc2O1. The molecular formula is C9H10O2S. The Morgan fingerprint density at radius 1 is 1.42 bits per heavy atom. The van der Waals surface area contributed by atoms with Gasteiger partial charge in [-0.05, 0) is 6.07 Å². The molecule has 0 radical (unpaired) electrons. The van der Waals surface area contributed by atoms with E-state index in [-0.39, 0.29) is 0 Å². The third-order valence-electron chi connectivity index (χ3n) is 1.75. The number of fused-ring (bicyclic) bond motifs is 1. The summed E-state index contributed by atoms with van der Waals surface area (Å²) < 4.78 is 5.29. The lowest BCUT2D eigenvalue weighted by Crippen LogP contribution is -2.16. The van der Waals surface area contributed by atoms with Crippen LogP contribution in [0, 0.1) is 0 Å². The number of thioether (sulfide) groups is 1. The van der Waals surface area contributed by atoms with E-state index in [0.717, 1.165) is 11.5 Å². The molecule has 0 spiro atoms. The lowest BCUT2D eigenvalue weighted by atomic mass is 10.2. The van der Waals surface area contributed by atoms with Crippen molar-refractivity contribution in [2.75, 3.05) is 5.75 Å². The van der Waals surface area contributed by atoms with E-state index in [2.05, 4.69) is 0 Å². The monoisotopic (exact) mass is 182 g/mol. The van der Waals surface area contributed by atoms with Crippen molar-refractivity contribution in [3.05, 3.63) is 29.8 Å². The van der Waals surface area contributed by atoms with Gasteiger partial charge in [0.15, 0.2) is 0 Å². The Morgan fingerprint density at radius 3 is 3.17 bits per heavy atom. The van der Waals surface area contributed by atoms with E-state index < -0.39 is 6.29 Å². The van der Waals surface area contributed by atoms with Crippen LogP contribution in [0.15, 0.2) is 24.3 Å². The summed E-state index contributed by atoms with van der Waals surface area (Å²) in [5.74, 6) is 2.39. The van der Waals surface area contributed by atoms with E-state index in [1.807, 2.05) is 24.3 Å². The number of hydrogen-bond donors (Lipinski definition) is 1. The van der Waals surface area contributed by atoms with Gasteiger partial charge in [-0.25, -0.2) is 0 Å². The van der Waals surface area contributed by atoms with Gasteiger partial charge in [-0.1, -0.05) is 18.2 Å². The number of aliphatic hydroxyl groups is 1. The van der Waals surface area contributed by atoms with Crippen molar-refractivity contribution in [1.29, 1.82) is 0 Å². The average molecular weight is 182 g/mol. The number of benzene rings is 1. The molecule has 1 N–H and O–H groups in total. The highest BCUT2D eigenvalue weighted by atomic mass is 32.2. The summed E-state index contributed by atoms with van der Waals surface area (Å²) in [6.07, 6.45) is -0.654. The highest BCUT2D eigenvalue weighted by molar-refractivity contribution is 7.98. The van der Waals surface area contributed by atoms with E-state index in [0.29, 0.717) is 5.75 Å². The molecule has 1 aromatic rings. The van der Waals surface area contributed by atoms with Crippen LogP contribution >= 0.6 is 11.8 Å². The highest BCUT2D eigenvalue weighted by Crippen LogP contribution is 2.27. The Balaban J connectivity index is 2.31. The Labute approximate surface area is 75.6 Å². The first-order chi connectivity index (χ1) is 5.86. The Hall–Kier alpha value is -0.670. The second kappa shape index (κ2) is 3.37. The van der Waals surface area contributed by atoms with Gasteiger partial charge < -0.3 is 9.84 Å². The van der Waals surface area contributed by atoms with Crippen LogP contribution in [0.3, 0.4) is 0 Å². The number of aliphatic hydroxyl groups excluding tert-OH is 1. The first-order valence-electron chi connectivity index (χ1n) is 3.86. The molecule has 2 nitrogen and oxygen atoms in total. The molecule has 0 saturated carbocycles. The van der Waals surface area contributed by atoms with Crippen LogP contribution in [0.5, 0.6) is 5.75 Å². The molecular weight excluding hydrogens is 172 g/mol. The van der Waals surface area contributed by atoms with Gasteiger partial charge in [0.25, 0.3) is 0 Å². The average Bonchev–Trinajstić information content (AvgIpc) is 2.25. The quantitative estimate of drug-likeness (QED) is 0.661. The maximum atomic E-state index is 9.29. The van der Waals surface area contributed by atoms with Crippen molar-refractivity contribution in [3.63, 3.8) is 0 Å². The smallest absolute Gasteiger partial charge is 0.206 e. The number of para-hydroxylation sites is 1. The number of hydrogen-bond acceptors (Lipinski definition) is 3. The Morgan fingerprint density at radius 2 is 2.25 bits per heavy atom. The first kappa shape index (κ1) is 7.95. The second-order valence-corrected chi connectivity index (χ2v) is 3.73. The van der Waals surface area contributed by atoms with Crippen LogP contribution in [-0.2, 0) is 5.75 Å². The van der Waals surface area contributed by atoms with Crippen LogP contribution in [0.4, 0.5) is 0 Å². The summed E-state index contributed by atoms with van der Waals surface area (Å²) in [6, 6.07) is 7.83. The molecule has 1 aliphatic rings. The van der Waals surface area contributed by atoms with Gasteiger partial charge >= 0.3 is 0 Å². The molecule has 0 saturated heterocycles. The molecule has 1 atom stereocenters.